The van der Waals surface area contributed by atoms with Crippen molar-refractivity contribution >= 4 is 11.8 Å². The van der Waals surface area contributed by atoms with Crippen LogP contribution in [0.5, 0.6) is 11.5 Å². The number of hydrogen-bond donors (Lipinski definition) is 1. The molecule has 0 unspecified atom stereocenters. The summed E-state index contributed by atoms with van der Waals surface area (Å²) in [6.45, 7) is 4.90. The number of carbonyl (C=O) groups excluding carboxylic acids is 2. The molecule has 1 N–H and O–H groups in total. The van der Waals surface area contributed by atoms with Crippen LogP contribution in [0.15, 0.2) is 22.6 Å². The molecule has 0 radical (unpaired) electrons. The number of carbonyl (C=O) groups is 2. The van der Waals surface area contributed by atoms with Crippen LogP contribution in [-0.4, -0.2) is 54.0 Å². The molecule has 1 saturated heterocycles. The van der Waals surface area contributed by atoms with Crippen LogP contribution in [0.1, 0.15) is 45.3 Å². The fourth-order valence-electron chi connectivity index (χ4n) is 3.78. The average molecular weight is 385 g/mol. The fraction of sp³-hybridized carbons (Fsp3) is 0.450. The van der Waals surface area contributed by atoms with Gasteiger partial charge in [0.1, 0.15) is 17.1 Å². The van der Waals surface area contributed by atoms with Crippen LogP contribution >= 0.6 is 0 Å². The minimum Gasteiger partial charge on any atom is -0.497 e. The molecule has 2 aliphatic heterocycles. The normalized spacial score (nSPS) is 18.1. The molecular formula is C20H23N3O5. The predicted molar refractivity (Wildman–Crippen MR) is 99.8 cm³/mol. The number of methoxy groups -OCH3 is 1. The van der Waals surface area contributed by atoms with Crippen LogP contribution in [0.2, 0.25) is 0 Å². The lowest BCUT2D eigenvalue weighted by Gasteiger charge is -2.40. The highest BCUT2D eigenvalue weighted by Crippen LogP contribution is 2.35. The summed E-state index contributed by atoms with van der Waals surface area (Å²) in [5.41, 5.74) is 0.530. The molecule has 2 aromatic rings. The van der Waals surface area contributed by atoms with Gasteiger partial charge in [-0.3, -0.25) is 9.59 Å². The van der Waals surface area contributed by atoms with E-state index in [1.54, 1.807) is 44.1 Å². The van der Waals surface area contributed by atoms with Gasteiger partial charge < -0.3 is 24.1 Å². The molecule has 1 aromatic heterocycles. The van der Waals surface area contributed by atoms with Crippen LogP contribution in [0.3, 0.4) is 0 Å². The number of aromatic nitrogens is 1. The van der Waals surface area contributed by atoms with E-state index in [1.807, 2.05) is 0 Å². The molecule has 28 heavy (non-hydrogen) atoms. The maximum absolute atomic E-state index is 12.8. The van der Waals surface area contributed by atoms with E-state index in [0.717, 1.165) is 0 Å². The van der Waals surface area contributed by atoms with Crippen LogP contribution in [0.25, 0.3) is 0 Å². The smallest absolute Gasteiger partial charge is 0.291 e. The number of rotatable bonds is 2. The number of amides is 2. The van der Waals surface area contributed by atoms with Crippen LogP contribution < -0.4 is 14.8 Å². The molecule has 0 atom stereocenters. The number of fused-ring (bicyclic) bond motifs is 1. The molecule has 8 nitrogen and oxygen atoms in total. The van der Waals surface area contributed by atoms with Gasteiger partial charge in [-0.1, -0.05) is 0 Å². The van der Waals surface area contributed by atoms with Crippen LogP contribution in [0, 0.1) is 13.8 Å². The average Bonchev–Trinajstić information content (AvgIpc) is 2.97. The zero-order chi connectivity index (χ0) is 19.9. The molecule has 0 saturated carbocycles. The first kappa shape index (κ1) is 18.3. The Labute approximate surface area is 162 Å². The molecule has 1 fully saturated rings. The number of ether oxygens (including phenoxy) is 2. The van der Waals surface area contributed by atoms with Crippen molar-refractivity contribution in [3.05, 3.63) is 41.1 Å². The second-order valence-electron chi connectivity index (χ2n) is 7.27. The third-order valence-corrected chi connectivity index (χ3v) is 5.39. The van der Waals surface area contributed by atoms with E-state index < -0.39 is 5.60 Å². The number of piperidine rings is 1. The number of hydrogen-bond acceptors (Lipinski definition) is 6. The molecule has 1 aromatic carbocycles. The van der Waals surface area contributed by atoms with Gasteiger partial charge in [0.15, 0.2) is 5.89 Å². The van der Waals surface area contributed by atoms with E-state index in [0.29, 0.717) is 66.9 Å². The van der Waals surface area contributed by atoms with Crippen molar-refractivity contribution in [1.29, 1.82) is 0 Å². The van der Waals surface area contributed by atoms with Crippen molar-refractivity contribution < 1.29 is 23.5 Å². The minimum absolute atomic E-state index is 0.160. The standard InChI is InChI=1S/C20H23N3O5/c1-12-17(27-13(2)22-12)19(25)23-8-6-20(7-9-23)11-21-18(24)15-5-4-14(26-3)10-16(15)28-20/h4-5,10H,6-9,11H2,1-3H3,(H,21,24). The van der Waals surface area contributed by atoms with Crippen molar-refractivity contribution in [3.63, 3.8) is 0 Å². The van der Waals surface area contributed by atoms with Crippen molar-refractivity contribution in [2.24, 2.45) is 0 Å². The largest absolute Gasteiger partial charge is 0.497 e. The third kappa shape index (κ3) is 3.19. The van der Waals surface area contributed by atoms with Gasteiger partial charge in [0.2, 0.25) is 5.76 Å². The first-order valence-corrected chi connectivity index (χ1v) is 9.29. The Morgan fingerprint density at radius 2 is 2.04 bits per heavy atom. The van der Waals surface area contributed by atoms with E-state index >= 15 is 0 Å². The number of nitrogens with zero attached hydrogens (tertiary/aromatic N) is 2. The van der Waals surface area contributed by atoms with Crippen LogP contribution in [0.4, 0.5) is 0 Å². The number of likely N-dealkylation sites (tertiary alicyclic amines) is 1. The molecule has 4 rings (SSSR count). The van der Waals surface area contributed by atoms with Crippen LogP contribution in [-0.2, 0) is 0 Å². The maximum atomic E-state index is 12.8. The van der Waals surface area contributed by atoms with Gasteiger partial charge in [0, 0.05) is 38.9 Å². The van der Waals surface area contributed by atoms with Gasteiger partial charge in [0.05, 0.1) is 24.9 Å². The summed E-state index contributed by atoms with van der Waals surface area (Å²) in [7, 11) is 1.57. The predicted octanol–water partition coefficient (Wildman–Crippen LogP) is 2.10. The maximum Gasteiger partial charge on any atom is 0.291 e. The van der Waals surface area contributed by atoms with Crippen molar-refractivity contribution in [1.82, 2.24) is 15.2 Å². The lowest BCUT2D eigenvalue weighted by molar-refractivity contribution is 0.00655. The summed E-state index contributed by atoms with van der Waals surface area (Å²) < 4.78 is 17.1. The molecule has 148 valence electrons. The van der Waals surface area contributed by atoms with Crippen molar-refractivity contribution in [3.8, 4) is 11.5 Å². The summed E-state index contributed by atoms with van der Waals surface area (Å²) in [5, 5.41) is 2.95. The lowest BCUT2D eigenvalue weighted by atomic mass is 9.90. The summed E-state index contributed by atoms with van der Waals surface area (Å²) in [4.78, 5) is 31.1. The Kier molecular flexibility index (Phi) is 4.49. The quantitative estimate of drug-likeness (QED) is 0.851. The van der Waals surface area contributed by atoms with Gasteiger partial charge in [-0.25, -0.2) is 4.98 Å². The SMILES string of the molecule is COc1ccc2c(c1)OC1(CCN(C(=O)c3oc(C)nc3C)CC1)CNC2=O. The Morgan fingerprint density at radius 1 is 1.29 bits per heavy atom. The zero-order valence-electron chi connectivity index (χ0n) is 16.2. The number of oxazole rings is 1. The van der Waals surface area contributed by atoms with E-state index in [9.17, 15) is 9.59 Å². The highest BCUT2D eigenvalue weighted by atomic mass is 16.5. The fourth-order valence-corrected chi connectivity index (χ4v) is 3.78. The zero-order valence-corrected chi connectivity index (χ0v) is 16.2. The lowest BCUT2D eigenvalue weighted by Crippen LogP contribution is -2.54. The molecule has 3 heterocycles. The van der Waals surface area contributed by atoms with Crippen molar-refractivity contribution in [2.45, 2.75) is 32.3 Å². The summed E-state index contributed by atoms with van der Waals surface area (Å²) in [5.74, 6) is 1.59. The van der Waals surface area contributed by atoms with Gasteiger partial charge in [-0.05, 0) is 19.1 Å². The Bertz CT molecular complexity index is 928. The van der Waals surface area contributed by atoms with Gasteiger partial charge in [-0.15, -0.1) is 0 Å². The van der Waals surface area contributed by atoms with E-state index in [2.05, 4.69) is 10.3 Å². The summed E-state index contributed by atoms with van der Waals surface area (Å²) >= 11 is 0. The summed E-state index contributed by atoms with van der Waals surface area (Å²) in [6, 6.07) is 5.18. The summed E-state index contributed by atoms with van der Waals surface area (Å²) in [6.07, 6.45) is 1.20. The number of benzene rings is 1. The van der Waals surface area contributed by atoms with Gasteiger partial charge >= 0.3 is 0 Å². The van der Waals surface area contributed by atoms with E-state index in [4.69, 9.17) is 13.9 Å². The molecule has 2 aliphatic rings. The Balaban J connectivity index is 1.52. The number of aryl methyl sites for hydroxylation is 2. The molecule has 0 aliphatic carbocycles. The number of nitrogens with one attached hydrogen (secondary N) is 1. The van der Waals surface area contributed by atoms with E-state index in [1.165, 1.54) is 0 Å². The molecule has 2 amide bonds. The molecular weight excluding hydrogens is 362 g/mol. The second kappa shape index (κ2) is 6.85. The second-order valence-corrected chi connectivity index (χ2v) is 7.27. The molecule has 0 bridgehead atoms. The van der Waals surface area contributed by atoms with Gasteiger partial charge in [-0.2, -0.15) is 0 Å². The molecule has 8 heteroatoms. The highest BCUT2D eigenvalue weighted by molar-refractivity contribution is 5.97. The van der Waals surface area contributed by atoms with Gasteiger partial charge in [0.25, 0.3) is 11.8 Å². The topological polar surface area (TPSA) is 93.9 Å². The third-order valence-electron chi connectivity index (χ3n) is 5.39. The highest BCUT2D eigenvalue weighted by Gasteiger charge is 2.41. The Hall–Kier alpha value is -3.03. The molecule has 1 spiro atoms. The van der Waals surface area contributed by atoms with E-state index in [-0.39, 0.29) is 11.8 Å². The van der Waals surface area contributed by atoms with Crippen molar-refractivity contribution in [2.75, 3.05) is 26.7 Å². The first-order valence-electron chi connectivity index (χ1n) is 9.29. The monoisotopic (exact) mass is 385 g/mol. The Morgan fingerprint density at radius 3 is 2.68 bits per heavy atom. The first-order chi connectivity index (χ1) is 13.4. The minimum atomic E-state index is -0.559.